The van der Waals surface area contributed by atoms with Crippen LogP contribution < -0.4 is 5.32 Å². The Morgan fingerprint density at radius 1 is 1.25 bits per heavy atom. The van der Waals surface area contributed by atoms with Crippen molar-refractivity contribution in [3.8, 4) is 11.3 Å². The van der Waals surface area contributed by atoms with Crippen molar-refractivity contribution in [3.05, 3.63) is 53.3 Å². The van der Waals surface area contributed by atoms with Crippen LogP contribution in [-0.2, 0) is 6.54 Å². The van der Waals surface area contributed by atoms with Gasteiger partial charge in [-0.15, -0.1) is 0 Å². The van der Waals surface area contributed by atoms with Crippen LogP contribution in [0.2, 0.25) is 0 Å². The molecule has 0 aliphatic carbocycles. The number of H-pyrrole nitrogens is 1. The average Bonchev–Trinajstić information content (AvgIpc) is 3.17. The molecular weight excluding hydrogens is 306 g/mol. The van der Waals surface area contributed by atoms with Gasteiger partial charge in [-0.1, -0.05) is 35.0 Å². The van der Waals surface area contributed by atoms with E-state index in [0.29, 0.717) is 18.1 Å². The maximum absolute atomic E-state index is 12.2. The van der Waals surface area contributed by atoms with Gasteiger partial charge in [0.2, 0.25) is 0 Å². The standard InChI is InChI=1S/C17H19N5O2/c1-11-4-6-12(7-5-11)15-9-14(21-24-15)17(23)18-16-8-13(19-20-16)10-22(2)3/h4-9H,10H2,1-3H3,(H2,18,19,20,23). The van der Waals surface area contributed by atoms with E-state index in [2.05, 4.69) is 20.7 Å². The Balaban J connectivity index is 1.69. The second kappa shape index (κ2) is 6.67. The number of carbonyl (C=O) groups excluding carboxylic acids is 1. The lowest BCUT2D eigenvalue weighted by molar-refractivity contribution is 0.101. The second-order valence-electron chi connectivity index (χ2n) is 5.91. The summed E-state index contributed by atoms with van der Waals surface area (Å²) in [4.78, 5) is 14.3. The minimum absolute atomic E-state index is 0.211. The Morgan fingerprint density at radius 3 is 2.71 bits per heavy atom. The zero-order valence-corrected chi connectivity index (χ0v) is 13.8. The molecule has 24 heavy (non-hydrogen) atoms. The number of carbonyl (C=O) groups is 1. The van der Waals surface area contributed by atoms with Crippen molar-refractivity contribution in [2.75, 3.05) is 19.4 Å². The van der Waals surface area contributed by atoms with E-state index in [-0.39, 0.29) is 11.6 Å². The van der Waals surface area contributed by atoms with Gasteiger partial charge in [0.05, 0.1) is 5.69 Å². The van der Waals surface area contributed by atoms with Crippen molar-refractivity contribution in [2.24, 2.45) is 0 Å². The van der Waals surface area contributed by atoms with Crippen LogP contribution in [0.5, 0.6) is 0 Å². The molecule has 0 atom stereocenters. The van der Waals surface area contributed by atoms with Gasteiger partial charge in [-0.2, -0.15) is 5.10 Å². The van der Waals surface area contributed by atoms with E-state index in [1.807, 2.05) is 50.2 Å². The van der Waals surface area contributed by atoms with Gasteiger partial charge in [0, 0.05) is 24.2 Å². The van der Waals surface area contributed by atoms with E-state index < -0.39 is 0 Å². The molecule has 0 spiro atoms. The van der Waals surface area contributed by atoms with Crippen molar-refractivity contribution < 1.29 is 9.32 Å². The molecule has 0 bridgehead atoms. The van der Waals surface area contributed by atoms with Gasteiger partial charge in [0.15, 0.2) is 17.3 Å². The van der Waals surface area contributed by atoms with Crippen LogP contribution >= 0.6 is 0 Å². The number of nitrogens with zero attached hydrogens (tertiary/aromatic N) is 3. The van der Waals surface area contributed by atoms with E-state index >= 15 is 0 Å². The Kier molecular flexibility index (Phi) is 4.43. The van der Waals surface area contributed by atoms with Gasteiger partial charge in [-0.05, 0) is 21.0 Å². The summed E-state index contributed by atoms with van der Waals surface area (Å²) in [5.74, 6) is 0.646. The SMILES string of the molecule is Cc1ccc(-c2cc(C(=O)Nc3cc(CN(C)C)[nH]n3)no2)cc1. The fourth-order valence-electron chi connectivity index (χ4n) is 2.26. The fourth-order valence-corrected chi connectivity index (χ4v) is 2.26. The lowest BCUT2D eigenvalue weighted by Gasteiger charge is -2.05. The van der Waals surface area contributed by atoms with Gasteiger partial charge in [-0.3, -0.25) is 9.89 Å². The number of aromatic nitrogens is 3. The molecule has 3 rings (SSSR count). The van der Waals surface area contributed by atoms with Crippen LogP contribution in [-0.4, -0.2) is 40.3 Å². The average molecular weight is 325 g/mol. The molecule has 0 unspecified atom stereocenters. The number of hydrogen-bond donors (Lipinski definition) is 2. The van der Waals surface area contributed by atoms with Crippen LogP contribution in [0.3, 0.4) is 0 Å². The maximum atomic E-state index is 12.2. The smallest absolute Gasteiger partial charge is 0.279 e. The monoisotopic (exact) mass is 325 g/mol. The van der Waals surface area contributed by atoms with Gasteiger partial charge >= 0.3 is 0 Å². The number of rotatable bonds is 5. The molecule has 2 N–H and O–H groups in total. The molecule has 0 aliphatic rings. The van der Waals surface area contributed by atoms with E-state index in [0.717, 1.165) is 16.8 Å². The number of aryl methyl sites for hydroxylation is 1. The molecule has 2 heterocycles. The number of anilines is 1. The van der Waals surface area contributed by atoms with Crippen LogP contribution in [0.25, 0.3) is 11.3 Å². The summed E-state index contributed by atoms with van der Waals surface area (Å²) >= 11 is 0. The van der Waals surface area contributed by atoms with E-state index in [1.54, 1.807) is 12.1 Å². The quantitative estimate of drug-likeness (QED) is 0.753. The second-order valence-corrected chi connectivity index (χ2v) is 5.91. The molecule has 0 fully saturated rings. The Hall–Kier alpha value is -2.93. The predicted octanol–water partition coefficient (Wildman–Crippen LogP) is 2.69. The zero-order chi connectivity index (χ0) is 17.1. The summed E-state index contributed by atoms with van der Waals surface area (Å²) in [5.41, 5.74) is 3.15. The van der Waals surface area contributed by atoms with E-state index in [9.17, 15) is 4.79 Å². The number of benzene rings is 1. The molecule has 3 aromatic rings. The number of nitrogens with one attached hydrogen (secondary N) is 2. The molecule has 7 heteroatoms. The normalized spacial score (nSPS) is 11.0. The highest BCUT2D eigenvalue weighted by Gasteiger charge is 2.15. The van der Waals surface area contributed by atoms with Gasteiger partial charge in [0.1, 0.15) is 0 Å². The minimum Gasteiger partial charge on any atom is -0.355 e. The number of amides is 1. The molecule has 0 saturated carbocycles. The highest BCUT2D eigenvalue weighted by Crippen LogP contribution is 2.21. The third-order valence-corrected chi connectivity index (χ3v) is 3.44. The van der Waals surface area contributed by atoms with Crippen LogP contribution in [0, 0.1) is 6.92 Å². The Morgan fingerprint density at radius 2 is 2.00 bits per heavy atom. The van der Waals surface area contributed by atoms with Crippen molar-refractivity contribution in [3.63, 3.8) is 0 Å². The first kappa shape index (κ1) is 15.9. The minimum atomic E-state index is -0.361. The third kappa shape index (κ3) is 3.69. The maximum Gasteiger partial charge on any atom is 0.279 e. The predicted molar refractivity (Wildman–Crippen MR) is 90.6 cm³/mol. The molecule has 0 saturated heterocycles. The molecule has 1 amide bonds. The zero-order valence-electron chi connectivity index (χ0n) is 13.8. The molecule has 0 radical (unpaired) electrons. The molecule has 7 nitrogen and oxygen atoms in total. The first-order valence-electron chi connectivity index (χ1n) is 7.55. The summed E-state index contributed by atoms with van der Waals surface area (Å²) in [6, 6.07) is 11.2. The van der Waals surface area contributed by atoms with Gasteiger partial charge in [0.25, 0.3) is 5.91 Å². The number of aromatic amines is 1. The molecule has 124 valence electrons. The number of hydrogen-bond acceptors (Lipinski definition) is 5. The molecule has 2 aromatic heterocycles. The molecular formula is C17H19N5O2. The third-order valence-electron chi connectivity index (χ3n) is 3.44. The lowest BCUT2D eigenvalue weighted by Crippen LogP contribution is -2.12. The summed E-state index contributed by atoms with van der Waals surface area (Å²) in [6.45, 7) is 2.72. The van der Waals surface area contributed by atoms with E-state index in [1.165, 1.54) is 0 Å². The van der Waals surface area contributed by atoms with Crippen molar-refractivity contribution in [1.29, 1.82) is 0 Å². The van der Waals surface area contributed by atoms with Crippen LogP contribution in [0.15, 0.2) is 40.9 Å². The topological polar surface area (TPSA) is 87.0 Å². The first-order chi connectivity index (χ1) is 11.5. The Labute approximate surface area is 139 Å². The molecule has 0 aliphatic heterocycles. The van der Waals surface area contributed by atoms with Gasteiger partial charge < -0.3 is 14.7 Å². The highest BCUT2D eigenvalue weighted by atomic mass is 16.5. The molecule has 1 aromatic carbocycles. The van der Waals surface area contributed by atoms with Crippen LogP contribution in [0.4, 0.5) is 5.82 Å². The summed E-state index contributed by atoms with van der Waals surface area (Å²) in [7, 11) is 3.92. The summed E-state index contributed by atoms with van der Waals surface area (Å²) < 4.78 is 5.26. The highest BCUT2D eigenvalue weighted by molar-refractivity contribution is 6.02. The Bertz CT molecular complexity index is 833. The first-order valence-corrected chi connectivity index (χ1v) is 7.55. The van der Waals surface area contributed by atoms with E-state index in [4.69, 9.17) is 4.52 Å². The van der Waals surface area contributed by atoms with Crippen molar-refractivity contribution >= 4 is 11.7 Å². The summed E-state index contributed by atoms with van der Waals surface area (Å²) in [5, 5.41) is 13.5. The largest absolute Gasteiger partial charge is 0.355 e. The van der Waals surface area contributed by atoms with Crippen molar-refractivity contribution in [2.45, 2.75) is 13.5 Å². The van der Waals surface area contributed by atoms with Gasteiger partial charge in [-0.25, -0.2) is 0 Å². The van der Waals surface area contributed by atoms with Crippen molar-refractivity contribution in [1.82, 2.24) is 20.3 Å². The van der Waals surface area contributed by atoms with Crippen LogP contribution in [0.1, 0.15) is 21.7 Å². The fraction of sp³-hybridized carbons (Fsp3) is 0.235. The summed E-state index contributed by atoms with van der Waals surface area (Å²) in [6.07, 6.45) is 0. The lowest BCUT2D eigenvalue weighted by atomic mass is 10.1.